The van der Waals surface area contributed by atoms with E-state index in [-0.39, 0.29) is 24.5 Å². The third-order valence-corrected chi connectivity index (χ3v) is 6.35. The number of aryl methyl sites for hydroxylation is 2. The minimum Gasteiger partial charge on any atom is -0.378 e. The molecule has 1 aliphatic heterocycles. The van der Waals surface area contributed by atoms with Crippen molar-refractivity contribution in [2.24, 2.45) is 0 Å². The molecule has 0 unspecified atom stereocenters. The zero-order valence-corrected chi connectivity index (χ0v) is 20.8. The lowest BCUT2D eigenvalue weighted by atomic mass is 9.97. The van der Waals surface area contributed by atoms with Gasteiger partial charge in [0.25, 0.3) is 0 Å². The number of carbonyl (C=O) groups excluding carboxylic acids is 1. The van der Waals surface area contributed by atoms with Gasteiger partial charge < -0.3 is 10.6 Å². The van der Waals surface area contributed by atoms with Crippen molar-refractivity contribution in [3.8, 4) is 16.8 Å². The number of benzene rings is 2. The number of aromatic nitrogens is 5. The highest BCUT2D eigenvalue weighted by molar-refractivity contribution is 6.30. The molecule has 180 valence electrons. The van der Waals surface area contributed by atoms with Crippen LogP contribution in [0.2, 0.25) is 5.02 Å². The number of fused-ring (bicyclic) bond motifs is 3. The quantitative estimate of drug-likeness (QED) is 0.409. The van der Waals surface area contributed by atoms with Crippen LogP contribution in [0.15, 0.2) is 54.9 Å². The summed E-state index contributed by atoms with van der Waals surface area (Å²) in [5.74, 6) is 1.77. The summed E-state index contributed by atoms with van der Waals surface area (Å²) in [6.45, 7) is 6.06. The third kappa shape index (κ3) is 4.93. The number of amides is 1. The maximum atomic E-state index is 12.2. The summed E-state index contributed by atoms with van der Waals surface area (Å²) in [6, 6.07) is 14.3. The highest BCUT2D eigenvalue weighted by atomic mass is 35.5. The molecule has 2 aromatic heterocycles. The molecule has 0 spiro atoms. The molecular weight excluding hydrogens is 462 g/mol. The molecule has 2 aromatic carbocycles. The Bertz CT molecular complexity index is 1360. The Kier molecular flexibility index (Phi) is 6.30. The van der Waals surface area contributed by atoms with Crippen LogP contribution in [0.1, 0.15) is 43.5 Å². The van der Waals surface area contributed by atoms with E-state index in [0.717, 1.165) is 52.6 Å². The molecule has 2 N–H and O–H groups in total. The molecule has 4 aromatic rings. The predicted octanol–water partition coefficient (Wildman–Crippen LogP) is 4.72. The van der Waals surface area contributed by atoms with Crippen LogP contribution in [-0.4, -0.2) is 36.5 Å². The minimum absolute atomic E-state index is 0.0561. The Morgan fingerprint density at radius 2 is 1.94 bits per heavy atom. The zero-order valence-electron chi connectivity index (χ0n) is 20.0. The number of anilines is 1. The Morgan fingerprint density at radius 1 is 1.14 bits per heavy atom. The number of nitrogens with zero attached hydrogens (tertiary/aromatic N) is 5. The van der Waals surface area contributed by atoms with Gasteiger partial charge in [-0.2, -0.15) is 5.10 Å². The van der Waals surface area contributed by atoms with Gasteiger partial charge in [0.2, 0.25) is 5.91 Å². The van der Waals surface area contributed by atoms with E-state index >= 15 is 0 Å². The summed E-state index contributed by atoms with van der Waals surface area (Å²) in [4.78, 5) is 12.2. The van der Waals surface area contributed by atoms with Crippen molar-refractivity contribution in [1.82, 2.24) is 29.9 Å². The van der Waals surface area contributed by atoms with Crippen molar-refractivity contribution < 1.29 is 4.79 Å². The average Bonchev–Trinajstić information content (AvgIpc) is 3.39. The predicted molar refractivity (Wildman–Crippen MR) is 137 cm³/mol. The molecule has 5 rings (SSSR count). The van der Waals surface area contributed by atoms with Gasteiger partial charge in [-0.1, -0.05) is 17.7 Å². The van der Waals surface area contributed by atoms with Crippen LogP contribution in [-0.2, 0) is 17.8 Å². The molecule has 0 bridgehead atoms. The fourth-order valence-electron chi connectivity index (χ4n) is 4.54. The third-order valence-electron chi connectivity index (χ3n) is 6.10. The van der Waals surface area contributed by atoms with Crippen LogP contribution >= 0.6 is 11.6 Å². The number of carbonyl (C=O) groups is 1. The van der Waals surface area contributed by atoms with E-state index in [9.17, 15) is 4.79 Å². The molecule has 0 radical (unpaired) electrons. The van der Waals surface area contributed by atoms with Crippen molar-refractivity contribution in [2.75, 3.05) is 5.32 Å². The summed E-state index contributed by atoms with van der Waals surface area (Å²) in [5, 5.41) is 20.4. The smallest absolute Gasteiger partial charge is 0.241 e. The largest absolute Gasteiger partial charge is 0.378 e. The van der Waals surface area contributed by atoms with Gasteiger partial charge in [-0.15, -0.1) is 10.2 Å². The summed E-state index contributed by atoms with van der Waals surface area (Å²) in [5.41, 5.74) is 5.23. The van der Waals surface area contributed by atoms with E-state index in [1.807, 2.05) is 51.2 Å². The molecule has 1 atom stereocenters. The minimum atomic E-state index is -0.0561. The molecule has 8 nitrogen and oxygen atoms in total. The monoisotopic (exact) mass is 489 g/mol. The van der Waals surface area contributed by atoms with Crippen molar-refractivity contribution in [2.45, 2.75) is 52.2 Å². The van der Waals surface area contributed by atoms with E-state index in [1.54, 1.807) is 10.9 Å². The van der Waals surface area contributed by atoms with E-state index < -0.39 is 0 Å². The second-order valence-corrected chi connectivity index (χ2v) is 9.60. The summed E-state index contributed by atoms with van der Waals surface area (Å²) in [7, 11) is 0. The molecule has 9 heteroatoms. The normalized spacial score (nSPS) is 14.8. The summed E-state index contributed by atoms with van der Waals surface area (Å²) in [6.07, 6.45) is 5.39. The molecule has 0 fully saturated rings. The second-order valence-electron chi connectivity index (χ2n) is 9.16. The summed E-state index contributed by atoms with van der Waals surface area (Å²) < 4.78 is 3.81. The Morgan fingerprint density at radius 3 is 2.71 bits per heavy atom. The van der Waals surface area contributed by atoms with Gasteiger partial charge in [-0.05, 0) is 74.7 Å². The SMILES string of the molecule is Cc1nnc2n1-c1ccc(-c3cnn(CC(=O)NC(C)C)c3)cc1[C@H](Nc1ccc(Cl)cc1)CC2. The van der Waals surface area contributed by atoms with Crippen molar-refractivity contribution in [1.29, 1.82) is 0 Å². The number of rotatable bonds is 6. The maximum Gasteiger partial charge on any atom is 0.241 e. The van der Waals surface area contributed by atoms with Gasteiger partial charge in [-0.25, -0.2) is 0 Å². The molecule has 1 amide bonds. The van der Waals surface area contributed by atoms with E-state index in [1.165, 1.54) is 0 Å². The first-order valence-corrected chi connectivity index (χ1v) is 12.1. The van der Waals surface area contributed by atoms with Crippen molar-refractivity contribution >= 4 is 23.2 Å². The fraction of sp³-hybridized carbons (Fsp3) is 0.308. The van der Waals surface area contributed by atoms with Crippen LogP contribution in [0.5, 0.6) is 0 Å². The first kappa shape index (κ1) is 23.1. The van der Waals surface area contributed by atoms with E-state index in [0.29, 0.717) is 5.02 Å². The first-order chi connectivity index (χ1) is 16.9. The Hall–Kier alpha value is -3.65. The molecule has 0 saturated heterocycles. The molecule has 0 aliphatic carbocycles. The average molecular weight is 490 g/mol. The lowest BCUT2D eigenvalue weighted by Crippen LogP contribution is -2.33. The van der Waals surface area contributed by atoms with Gasteiger partial charge >= 0.3 is 0 Å². The standard InChI is InChI=1S/C26H28ClN7O/c1-16(2)29-26(35)15-33-14-19(13-28-33)18-4-10-24-22(12-18)23(30-21-7-5-20(27)6-8-21)9-11-25-32-31-17(3)34(24)25/h4-8,10,12-14,16,23,30H,9,11,15H2,1-3H3,(H,29,35)/t23-/m1/s1. The molecule has 1 aliphatic rings. The molecule has 3 heterocycles. The van der Waals surface area contributed by atoms with Gasteiger partial charge in [-0.3, -0.25) is 14.0 Å². The number of hydrogen-bond acceptors (Lipinski definition) is 5. The molecule has 0 saturated carbocycles. The maximum absolute atomic E-state index is 12.2. The number of halogens is 1. The van der Waals surface area contributed by atoms with Crippen LogP contribution in [0.3, 0.4) is 0 Å². The van der Waals surface area contributed by atoms with Crippen molar-refractivity contribution in [3.63, 3.8) is 0 Å². The van der Waals surface area contributed by atoms with Crippen LogP contribution in [0.25, 0.3) is 16.8 Å². The van der Waals surface area contributed by atoms with Gasteiger partial charge in [0.05, 0.1) is 17.9 Å². The van der Waals surface area contributed by atoms with E-state index in [2.05, 4.69) is 48.7 Å². The topological polar surface area (TPSA) is 89.7 Å². The van der Waals surface area contributed by atoms with Gasteiger partial charge in [0, 0.05) is 34.9 Å². The van der Waals surface area contributed by atoms with E-state index in [4.69, 9.17) is 11.6 Å². The van der Waals surface area contributed by atoms with Gasteiger partial charge in [0.1, 0.15) is 18.2 Å². The molecule has 35 heavy (non-hydrogen) atoms. The number of nitrogens with one attached hydrogen (secondary N) is 2. The van der Waals surface area contributed by atoms with Gasteiger partial charge in [0.15, 0.2) is 0 Å². The highest BCUT2D eigenvalue weighted by Crippen LogP contribution is 2.36. The Labute approximate surface area is 209 Å². The highest BCUT2D eigenvalue weighted by Gasteiger charge is 2.25. The fourth-order valence-corrected chi connectivity index (χ4v) is 4.66. The molecular formula is C26H28ClN7O. The summed E-state index contributed by atoms with van der Waals surface area (Å²) >= 11 is 6.09. The van der Waals surface area contributed by atoms with Crippen LogP contribution in [0.4, 0.5) is 5.69 Å². The van der Waals surface area contributed by atoms with Crippen LogP contribution < -0.4 is 10.6 Å². The first-order valence-electron chi connectivity index (χ1n) is 11.8. The lowest BCUT2D eigenvalue weighted by Gasteiger charge is -2.22. The number of hydrogen-bond donors (Lipinski definition) is 2. The zero-order chi connectivity index (χ0) is 24.5. The van der Waals surface area contributed by atoms with Crippen LogP contribution in [0, 0.1) is 6.92 Å². The second kappa shape index (κ2) is 9.54. The lowest BCUT2D eigenvalue weighted by molar-refractivity contribution is -0.122. The van der Waals surface area contributed by atoms with Crippen molar-refractivity contribution in [3.05, 3.63) is 77.1 Å². The Balaban J connectivity index is 1.50.